The molecule has 1 aromatic heterocycles. The fraction of sp³-hybridized carbons (Fsp3) is 0.250. The molecule has 1 fully saturated rings. The molecule has 6 heteroatoms. The van der Waals surface area contributed by atoms with Crippen LogP contribution in [0, 0.1) is 12.3 Å². The Kier molecular flexibility index (Phi) is 4.62. The number of benzene rings is 1. The fourth-order valence-corrected chi connectivity index (χ4v) is 4.14. The van der Waals surface area contributed by atoms with Crippen molar-refractivity contribution in [3.05, 3.63) is 70.3 Å². The minimum absolute atomic E-state index is 0.151. The maximum Gasteiger partial charge on any atom is 0.231 e. The number of rotatable bonds is 3. The number of carbonyl (C=O) groups excluding carboxylic acids is 1. The lowest BCUT2D eigenvalue weighted by molar-refractivity contribution is 0.101. The van der Waals surface area contributed by atoms with Crippen molar-refractivity contribution in [3.8, 4) is 23.8 Å². The molecule has 0 unspecified atom stereocenters. The fourth-order valence-electron chi connectivity index (χ4n) is 4.14. The van der Waals surface area contributed by atoms with Crippen molar-refractivity contribution in [3.63, 3.8) is 0 Å². The minimum atomic E-state index is -0.172. The molecule has 6 nitrogen and oxygen atoms in total. The standard InChI is InChI=1S/C24H21N3O3/c1-2-16-4-5-17-15(3-7-20(17)26-16)13-22-23(29)18-6-8-21(28)19(24(18)30-22)14-27-11-9-25-10-12-27/h1,3-6,8,13,25,28H,7,9-12,14H2/b22-13-. The minimum Gasteiger partial charge on any atom is -0.507 e. The van der Waals surface area contributed by atoms with Crippen LogP contribution in [0.4, 0.5) is 0 Å². The summed E-state index contributed by atoms with van der Waals surface area (Å²) in [6.45, 7) is 4.13. The molecule has 0 radical (unpaired) electrons. The zero-order valence-corrected chi connectivity index (χ0v) is 16.4. The van der Waals surface area contributed by atoms with Gasteiger partial charge in [0.05, 0.1) is 16.8 Å². The van der Waals surface area contributed by atoms with E-state index >= 15 is 0 Å². The van der Waals surface area contributed by atoms with Gasteiger partial charge in [-0.1, -0.05) is 12.0 Å². The molecule has 1 saturated heterocycles. The summed E-state index contributed by atoms with van der Waals surface area (Å²) in [5.41, 5.74) is 4.50. The lowest BCUT2D eigenvalue weighted by Crippen LogP contribution is -2.42. The number of nitrogens with one attached hydrogen (secondary N) is 1. The average molecular weight is 399 g/mol. The Labute approximate surface area is 174 Å². The third-order valence-electron chi connectivity index (χ3n) is 5.74. The zero-order valence-electron chi connectivity index (χ0n) is 16.4. The Morgan fingerprint density at radius 2 is 2.03 bits per heavy atom. The van der Waals surface area contributed by atoms with Crippen LogP contribution in [0.2, 0.25) is 0 Å². The first-order valence-electron chi connectivity index (χ1n) is 10.0. The van der Waals surface area contributed by atoms with Crippen LogP contribution in [0.1, 0.15) is 32.9 Å². The number of phenolic OH excluding ortho intramolecular Hbond substituents is 1. The highest BCUT2D eigenvalue weighted by Gasteiger charge is 2.32. The van der Waals surface area contributed by atoms with Crippen molar-refractivity contribution in [1.82, 2.24) is 15.2 Å². The molecule has 2 N–H and O–H groups in total. The van der Waals surface area contributed by atoms with Gasteiger partial charge < -0.3 is 15.2 Å². The first-order valence-corrected chi connectivity index (χ1v) is 10.0. The Morgan fingerprint density at radius 1 is 1.23 bits per heavy atom. The van der Waals surface area contributed by atoms with Crippen LogP contribution in [-0.4, -0.2) is 47.0 Å². The lowest BCUT2D eigenvalue weighted by atomic mass is 10.0. The van der Waals surface area contributed by atoms with Crippen LogP contribution in [0.3, 0.4) is 0 Å². The molecule has 150 valence electrons. The summed E-state index contributed by atoms with van der Waals surface area (Å²) < 4.78 is 6.01. The smallest absolute Gasteiger partial charge is 0.231 e. The first kappa shape index (κ1) is 18.6. The molecule has 1 aromatic carbocycles. The number of aromatic nitrogens is 1. The third kappa shape index (κ3) is 3.18. The van der Waals surface area contributed by atoms with Crippen molar-refractivity contribution in [2.24, 2.45) is 0 Å². The largest absolute Gasteiger partial charge is 0.507 e. The molecule has 0 amide bonds. The second-order valence-corrected chi connectivity index (χ2v) is 7.60. The van der Waals surface area contributed by atoms with Crippen LogP contribution in [0.15, 0.2) is 42.2 Å². The van der Waals surface area contributed by atoms with Gasteiger partial charge in [0.15, 0.2) is 5.76 Å². The van der Waals surface area contributed by atoms with Gasteiger partial charge in [0, 0.05) is 44.7 Å². The number of carbonyl (C=O) groups is 1. The molecule has 3 aliphatic rings. The van der Waals surface area contributed by atoms with Crippen molar-refractivity contribution in [2.45, 2.75) is 13.0 Å². The topological polar surface area (TPSA) is 74.7 Å². The van der Waals surface area contributed by atoms with E-state index in [0.29, 0.717) is 35.5 Å². The van der Waals surface area contributed by atoms with E-state index in [-0.39, 0.29) is 17.3 Å². The highest BCUT2D eigenvalue weighted by atomic mass is 16.5. The van der Waals surface area contributed by atoms with Crippen LogP contribution < -0.4 is 10.1 Å². The molecule has 0 spiro atoms. The van der Waals surface area contributed by atoms with E-state index in [2.05, 4.69) is 21.1 Å². The molecule has 5 rings (SSSR count). The number of hydrogen-bond donors (Lipinski definition) is 2. The highest BCUT2D eigenvalue weighted by Crippen LogP contribution is 2.41. The van der Waals surface area contributed by atoms with E-state index in [1.165, 1.54) is 0 Å². The number of pyridine rings is 1. The number of fused-ring (bicyclic) bond motifs is 2. The van der Waals surface area contributed by atoms with E-state index in [4.69, 9.17) is 11.2 Å². The number of aromatic hydroxyl groups is 1. The van der Waals surface area contributed by atoms with Crippen LogP contribution >= 0.6 is 0 Å². The van der Waals surface area contributed by atoms with Gasteiger partial charge >= 0.3 is 0 Å². The molecule has 0 bridgehead atoms. The maximum absolute atomic E-state index is 13.0. The molecule has 3 heterocycles. The molecule has 2 aliphatic heterocycles. The van der Waals surface area contributed by atoms with Gasteiger partial charge in [0.2, 0.25) is 5.78 Å². The van der Waals surface area contributed by atoms with Gasteiger partial charge in [-0.3, -0.25) is 9.69 Å². The third-order valence-corrected chi connectivity index (χ3v) is 5.74. The van der Waals surface area contributed by atoms with E-state index in [9.17, 15) is 9.90 Å². The maximum atomic E-state index is 13.0. The number of piperazine rings is 1. The van der Waals surface area contributed by atoms with Crippen molar-refractivity contribution in [1.29, 1.82) is 0 Å². The predicted molar refractivity (Wildman–Crippen MR) is 113 cm³/mol. The molecular formula is C24H21N3O3. The van der Waals surface area contributed by atoms with E-state index in [0.717, 1.165) is 43.0 Å². The summed E-state index contributed by atoms with van der Waals surface area (Å²) in [5, 5.41) is 13.8. The van der Waals surface area contributed by atoms with Crippen molar-refractivity contribution < 1.29 is 14.6 Å². The van der Waals surface area contributed by atoms with E-state index in [1.54, 1.807) is 24.3 Å². The summed E-state index contributed by atoms with van der Waals surface area (Å²) in [5.74, 6) is 3.25. The lowest BCUT2D eigenvalue weighted by Gasteiger charge is -2.27. The quantitative estimate of drug-likeness (QED) is 0.609. The highest BCUT2D eigenvalue weighted by molar-refractivity contribution is 6.14. The normalized spacial score (nSPS) is 19.2. The van der Waals surface area contributed by atoms with Gasteiger partial charge in [-0.2, -0.15) is 0 Å². The second-order valence-electron chi connectivity index (χ2n) is 7.60. The monoisotopic (exact) mass is 399 g/mol. The Morgan fingerprint density at radius 3 is 2.83 bits per heavy atom. The van der Waals surface area contributed by atoms with Gasteiger partial charge in [0.1, 0.15) is 17.2 Å². The Balaban J connectivity index is 1.45. The molecule has 0 saturated carbocycles. The Bertz CT molecular complexity index is 1150. The van der Waals surface area contributed by atoms with Crippen molar-refractivity contribution >= 4 is 11.4 Å². The number of ketones is 1. The van der Waals surface area contributed by atoms with Gasteiger partial charge in [-0.15, -0.1) is 6.42 Å². The second kappa shape index (κ2) is 7.45. The SMILES string of the molecule is C#Cc1ccc2c(n1)CC=C2/C=C1\Oc2c(ccc(O)c2CN2CCNCC2)C1=O. The number of allylic oxidation sites excluding steroid dienone is 4. The van der Waals surface area contributed by atoms with Gasteiger partial charge in [0.25, 0.3) is 0 Å². The van der Waals surface area contributed by atoms with Crippen LogP contribution in [-0.2, 0) is 13.0 Å². The van der Waals surface area contributed by atoms with Crippen LogP contribution in [0.25, 0.3) is 5.57 Å². The van der Waals surface area contributed by atoms with E-state index in [1.807, 2.05) is 12.1 Å². The Hall–Kier alpha value is -3.40. The number of Topliss-reactive ketones (excluding diaryl/α,β-unsaturated/α-hetero) is 1. The van der Waals surface area contributed by atoms with Gasteiger partial charge in [-0.25, -0.2) is 4.98 Å². The zero-order chi connectivity index (χ0) is 20.7. The molecule has 2 aromatic rings. The van der Waals surface area contributed by atoms with Gasteiger partial charge in [-0.05, 0) is 35.9 Å². The number of phenols is 1. The number of hydrogen-bond acceptors (Lipinski definition) is 6. The number of ether oxygens (including phenoxy) is 1. The average Bonchev–Trinajstić information content (AvgIpc) is 3.32. The molecule has 30 heavy (non-hydrogen) atoms. The first-order chi connectivity index (χ1) is 14.6. The summed E-state index contributed by atoms with van der Waals surface area (Å²) in [6.07, 6.45) is 9.88. The summed E-state index contributed by atoms with van der Waals surface area (Å²) in [6, 6.07) is 6.94. The molecule has 0 atom stereocenters. The summed E-state index contributed by atoms with van der Waals surface area (Å²) in [4.78, 5) is 19.7. The number of nitrogens with zero attached hydrogens (tertiary/aromatic N) is 2. The number of terminal acetylenes is 1. The summed E-state index contributed by atoms with van der Waals surface area (Å²) >= 11 is 0. The molecular weight excluding hydrogens is 378 g/mol. The molecule has 1 aliphatic carbocycles. The van der Waals surface area contributed by atoms with Crippen molar-refractivity contribution in [2.75, 3.05) is 26.2 Å². The van der Waals surface area contributed by atoms with Crippen LogP contribution in [0.5, 0.6) is 11.5 Å². The van der Waals surface area contributed by atoms with E-state index < -0.39 is 0 Å². The predicted octanol–water partition coefficient (Wildman–Crippen LogP) is 2.27. The summed E-state index contributed by atoms with van der Waals surface area (Å²) in [7, 11) is 0.